The van der Waals surface area contributed by atoms with Gasteiger partial charge in [-0.25, -0.2) is 0 Å². The molecule has 0 atom stereocenters. The molecule has 0 radical (unpaired) electrons. The monoisotopic (exact) mass is 220 g/mol. The molecule has 2 aromatic rings. The largest absolute Gasteiger partial charge is 0.356 e. The summed E-state index contributed by atoms with van der Waals surface area (Å²) in [5.41, 5.74) is 6.67. The van der Waals surface area contributed by atoms with Gasteiger partial charge in [0.2, 0.25) is 5.13 Å². The minimum Gasteiger partial charge on any atom is -0.356 e. The van der Waals surface area contributed by atoms with Crippen molar-refractivity contribution in [3.8, 4) is 0 Å². The molecule has 0 aliphatic carbocycles. The minimum atomic E-state index is 0.449. The van der Waals surface area contributed by atoms with Crippen LogP contribution >= 0.6 is 11.3 Å². The molecule has 0 fully saturated rings. The summed E-state index contributed by atoms with van der Waals surface area (Å²) in [5, 5.41) is 12.8. The van der Waals surface area contributed by atoms with Crippen LogP contribution in [0.25, 0.3) is 0 Å². The van der Waals surface area contributed by atoms with Crippen molar-refractivity contribution in [1.82, 2.24) is 10.2 Å². The van der Waals surface area contributed by atoms with Gasteiger partial charge in [-0.3, -0.25) is 0 Å². The minimum absolute atomic E-state index is 0.449. The predicted octanol–water partition coefficient (Wildman–Crippen LogP) is 1.61. The van der Waals surface area contributed by atoms with Gasteiger partial charge in [0.25, 0.3) is 0 Å². The van der Waals surface area contributed by atoms with E-state index in [0.717, 1.165) is 16.7 Å². The molecule has 0 amide bonds. The molecule has 0 spiro atoms. The fraction of sp³-hybridized carbons (Fsp3) is 0.200. The van der Waals surface area contributed by atoms with Gasteiger partial charge < -0.3 is 11.1 Å². The molecular weight excluding hydrogens is 208 g/mol. The number of hydrogen-bond donors (Lipinski definition) is 2. The first-order valence-corrected chi connectivity index (χ1v) is 5.50. The van der Waals surface area contributed by atoms with Crippen LogP contribution in [0, 0.1) is 0 Å². The van der Waals surface area contributed by atoms with Gasteiger partial charge >= 0.3 is 0 Å². The van der Waals surface area contributed by atoms with Crippen molar-refractivity contribution in [3.05, 3.63) is 40.9 Å². The van der Waals surface area contributed by atoms with Gasteiger partial charge in [-0.15, -0.1) is 10.2 Å². The number of nitrogens with two attached hydrogens (primary N) is 1. The van der Waals surface area contributed by atoms with Gasteiger partial charge in [0.15, 0.2) is 0 Å². The molecule has 5 heteroatoms. The zero-order valence-corrected chi connectivity index (χ0v) is 9.00. The summed E-state index contributed by atoms with van der Waals surface area (Å²) in [6.07, 6.45) is 0. The maximum Gasteiger partial charge on any atom is 0.205 e. The Balaban J connectivity index is 1.93. The Hall–Kier alpha value is -1.46. The van der Waals surface area contributed by atoms with Crippen molar-refractivity contribution >= 4 is 16.5 Å². The van der Waals surface area contributed by atoms with Crippen molar-refractivity contribution in [2.24, 2.45) is 5.73 Å². The zero-order valence-electron chi connectivity index (χ0n) is 8.18. The molecule has 0 unspecified atom stereocenters. The normalized spacial score (nSPS) is 10.2. The fourth-order valence-corrected chi connectivity index (χ4v) is 1.80. The van der Waals surface area contributed by atoms with E-state index >= 15 is 0 Å². The van der Waals surface area contributed by atoms with Crippen LogP contribution in [-0.4, -0.2) is 10.2 Å². The Kier molecular flexibility index (Phi) is 3.26. The van der Waals surface area contributed by atoms with E-state index in [1.165, 1.54) is 16.9 Å². The van der Waals surface area contributed by atoms with Crippen molar-refractivity contribution in [2.45, 2.75) is 13.1 Å². The van der Waals surface area contributed by atoms with Crippen LogP contribution in [0.4, 0.5) is 5.13 Å². The molecule has 78 valence electrons. The Morgan fingerprint density at radius 2 is 2.00 bits per heavy atom. The van der Waals surface area contributed by atoms with E-state index in [-0.39, 0.29) is 0 Å². The molecule has 0 bridgehead atoms. The molecule has 1 aromatic carbocycles. The van der Waals surface area contributed by atoms with Crippen LogP contribution in [-0.2, 0) is 13.1 Å². The fourth-order valence-electron chi connectivity index (χ4n) is 1.18. The maximum atomic E-state index is 5.45. The molecule has 0 aliphatic rings. The summed E-state index contributed by atoms with van der Waals surface area (Å²) in [5.74, 6) is 0. The number of aromatic nitrogens is 2. The second-order valence-electron chi connectivity index (χ2n) is 3.04. The van der Waals surface area contributed by atoms with E-state index in [1.807, 2.05) is 18.2 Å². The third-order valence-electron chi connectivity index (χ3n) is 1.93. The quantitative estimate of drug-likeness (QED) is 0.821. The van der Waals surface area contributed by atoms with Crippen LogP contribution in [0.5, 0.6) is 0 Å². The number of hydrogen-bond acceptors (Lipinski definition) is 5. The molecule has 0 saturated heterocycles. The lowest BCUT2D eigenvalue weighted by Crippen LogP contribution is -1.98. The second kappa shape index (κ2) is 4.86. The molecule has 3 N–H and O–H groups in total. The molecule has 4 nitrogen and oxygen atoms in total. The second-order valence-corrected chi connectivity index (χ2v) is 4.11. The SMILES string of the molecule is NCc1nnc(NCc2ccccc2)s1. The Labute approximate surface area is 92.2 Å². The number of nitrogens with one attached hydrogen (secondary N) is 1. The van der Waals surface area contributed by atoms with E-state index in [0.29, 0.717) is 6.54 Å². The molecule has 2 rings (SSSR count). The van der Waals surface area contributed by atoms with E-state index in [2.05, 4.69) is 27.6 Å². The van der Waals surface area contributed by atoms with Gasteiger partial charge in [0.05, 0.1) is 0 Å². The first-order chi connectivity index (χ1) is 7.38. The summed E-state index contributed by atoms with van der Waals surface area (Å²) in [6, 6.07) is 10.2. The van der Waals surface area contributed by atoms with E-state index < -0.39 is 0 Å². The summed E-state index contributed by atoms with van der Waals surface area (Å²) in [6.45, 7) is 1.21. The Morgan fingerprint density at radius 1 is 1.20 bits per heavy atom. The third-order valence-corrected chi connectivity index (χ3v) is 2.83. The van der Waals surface area contributed by atoms with Crippen LogP contribution in [0.2, 0.25) is 0 Å². The zero-order chi connectivity index (χ0) is 10.5. The lowest BCUT2D eigenvalue weighted by atomic mass is 10.2. The highest BCUT2D eigenvalue weighted by Gasteiger charge is 2.01. The van der Waals surface area contributed by atoms with Crippen LogP contribution in [0.15, 0.2) is 30.3 Å². The van der Waals surface area contributed by atoms with Crippen LogP contribution in [0.3, 0.4) is 0 Å². The van der Waals surface area contributed by atoms with Gasteiger partial charge in [-0.2, -0.15) is 0 Å². The lowest BCUT2D eigenvalue weighted by Gasteiger charge is -2.00. The lowest BCUT2D eigenvalue weighted by molar-refractivity contribution is 0.953. The Morgan fingerprint density at radius 3 is 2.67 bits per heavy atom. The van der Waals surface area contributed by atoms with E-state index in [9.17, 15) is 0 Å². The number of anilines is 1. The highest BCUT2D eigenvalue weighted by atomic mass is 32.1. The molecule has 0 aliphatic heterocycles. The maximum absolute atomic E-state index is 5.45. The topological polar surface area (TPSA) is 63.8 Å². The van der Waals surface area contributed by atoms with Crippen LogP contribution < -0.4 is 11.1 Å². The highest BCUT2D eigenvalue weighted by molar-refractivity contribution is 7.15. The molecule has 0 saturated carbocycles. The Bertz CT molecular complexity index is 412. The predicted molar refractivity (Wildman–Crippen MR) is 61.6 cm³/mol. The standard InChI is InChI=1S/C10H12N4S/c11-6-9-13-14-10(15-9)12-7-8-4-2-1-3-5-8/h1-5H,6-7,11H2,(H,12,14). The number of nitrogens with zero attached hydrogens (tertiary/aromatic N) is 2. The van der Waals surface area contributed by atoms with Gasteiger partial charge in [0.1, 0.15) is 5.01 Å². The van der Waals surface area contributed by atoms with Gasteiger partial charge in [-0.05, 0) is 5.56 Å². The van der Waals surface area contributed by atoms with Crippen molar-refractivity contribution in [3.63, 3.8) is 0 Å². The number of benzene rings is 1. The van der Waals surface area contributed by atoms with Crippen molar-refractivity contribution in [1.29, 1.82) is 0 Å². The average molecular weight is 220 g/mol. The molecular formula is C10H12N4S. The first-order valence-electron chi connectivity index (χ1n) is 4.69. The first kappa shape index (κ1) is 10.1. The van der Waals surface area contributed by atoms with E-state index in [4.69, 9.17) is 5.73 Å². The third kappa shape index (κ3) is 2.74. The summed E-state index contributed by atoms with van der Waals surface area (Å²) >= 11 is 1.49. The summed E-state index contributed by atoms with van der Waals surface area (Å²) in [7, 11) is 0. The van der Waals surface area contributed by atoms with Crippen molar-refractivity contribution < 1.29 is 0 Å². The summed E-state index contributed by atoms with van der Waals surface area (Å²) in [4.78, 5) is 0. The van der Waals surface area contributed by atoms with Crippen LogP contribution in [0.1, 0.15) is 10.6 Å². The molecule has 1 aromatic heterocycles. The van der Waals surface area contributed by atoms with Gasteiger partial charge in [0, 0.05) is 13.1 Å². The molecule has 1 heterocycles. The summed E-state index contributed by atoms with van der Waals surface area (Å²) < 4.78 is 0. The molecule has 15 heavy (non-hydrogen) atoms. The van der Waals surface area contributed by atoms with Crippen molar-refractivity contribution in [2.75, 3.05) is 5.32 Å². The number of rotatable bonds is 4. The smallest absolute Gasteiger partial charge is 0.205 e. The van der Waals surface area contributed by atoms with Gasteiger partial charge in [-0.1, -0.05) is 41.7 Å². The van der Waals surface area contributed by atoms with E-state index in [1.54, 1.807) is 0 Å². The highest BCUT2D eigenvalue weighted by Crippen LogP contribution is 2.15. The average Bonchev–Trinajstić information content (AvgIpc) is 2.76.